The van der Waals surface area contributed by atoms with E-state index in [1.54, 1.807) is 30.3 Å². The van der Waals surface area contributed by atoms with Gasteiger partial charge < -0.3 is 5.11 Å². The number of benzene rings is 3. The number of carbonyl (C=O) groups is 1. The van der Waals surface area contributed by atoms with E-state index in [-0.39, 0.29) is 4.90 Å². The van der Waals surface area contributed by atoms with E-state index in [2.05, 4.69) is 0 Å². The molecule has 1 aliphatic heterocycles. The standard InChI is InChI=1S/C28H30FNO4S2/c1-4-6-24-27(35-22-13-9-18(2)10-14-22)25(28(31)32)26(20-7-5-8-21(29)17-20)30(24)36(33,34)23-15-11-19(3)12-16-23/h5,7-17,24-27H,4,6H2,1-3H3,(H,31,32)/t24-,25+,26?,27-/m1/s1. The van der Waals surface area contributed by atoms with Crippen LogP contribution in [0.4, 0.5) is 4.39 Å². The first-order valence-corrected chi connectivity index (χ1v) is 14.3. The summed E-state index contributed by atoms with van der Waals surface area (Å²) in [5.41, 5.74) is 2.33. The van der Waals surface area contributed by atoms with Crippen LogP contribution in [0.1, 0.15) is 42.5 Å². The second-order valence-corrected chi connectivity index (χ2v) is 12.4. The fourth-order valence-corrected chi connectivity index (χ4v) is 8.31. The lowest BCUT2D eigenvalue weighted by Crippen LogP contribution is -2.40. The fourth-order valence-electron chi connectivity index (χ4n) is 4.92. The Morgan fingerprint density at radius 1 is 1.00 bits per heavy atom. The molecule has 4 atom stereocenters. The maximum absolute atomic E-state index is 14.3. The van der Waals surface area contributed by atoms with Crippen molar-refractivity contribution >= 4 is 27.8 Å². The van der Waals surface area contributed by atoms with Crippen LogP contribution in [0, 0.1) is 25.6 Å². The van der Waals surface area contributed by atoms with Crippen LogP contribution < -0.4 is 0 Å². The zero-order valence-electron chi connectivity index (χ0n) is 20.5. The number of halogens is 1. The highest BCUT2D eigenvalue weighted by Crippen LogP contribution is 2.51. The lowest BCUT2D eigenvalue weighted by atomic mass is 9.92. The van der Waals surface area contributed by atoms with Crippen LogP contribution in [-0.2, 0) is 14.8 Å². The maximum Gasteiger partial charge on any atom is 0.309 e. The summed E-state index contributed by atoms with van der Waals surface area (Å²) in [6.45, 7) is 5.80. The highest BCUT2D eigenvalue weighted by Gasteiger charge is 2.57. The molecule has 0 spiro atoms. The Balaban J connectivity index is 1.91. The molecule has 0 radical (unpaired) electrons. The number of hydrogen-bond acceptors (Lipinski definition) is 4. The number of carboxylic acid groups (broad SMARTS) is 1. The molecule has 8 heteroatoms. The third kappa shape index (κ3) is 5.21. The molecule has 0 saturated carbocycles. The minimum absolute atomic E-state index is 0.0979. The number of thioether (sulfide) groups is 1. The summed E-state index contributed by atoms with van der Waals surface area (Å²) in [6.07, 6.45) is 1.14. The van der Waals surface area contributed by atoms with Gasteiger partial charge >= 0.3 is 5.97 Å². The fraction of sp³-hybridized carbons (Fsp3) is 0.321. The van der Waals surface area contributed by atoms with Crippen molar-refractivity contribution in [1.29, 1.82) is 0 Å². The monoisotopic (exact) mass is 527 g/mol. The van der Waals surface area contributed by atoms with Gasteiger partial charge in [0.2, 0.25) is 10.0 Å². The van der Waals surface area contributed by atoms with Gasteiger partial charge in [0, 0.05) is 16.2 Å². The molecular weight excluding hydrogens is 497 g/mol. The summed E-state index contributed by atoms with van der Waals surface area (Å²) in [5.74, 6) is -2.71. The third-order valence-electron chi connectivity index (χ3n) is 6.62. The molecule has 1 fully saturated rings. The molecule has 1 N–H and O–H groups in total. The van der Waals surface area contributed by atoms with Crippen molar-refractivity contribution in [2.75, 3.05) is 0 Å². The molecule has 0 amide bonds. The Hall–Kier alpha value is -2.68. The van der Waals surface area contributed by atoms with Crippen molar-refractivity contribution < 1.29 is 22.7 Å². The predicted octanol–water partition coefficient (Wildman–Crippen LogP) is 6.22. The Morgan fingerprint density at radius 3 is 2.17 bits per heavy atom. The SMILES string of the molecule is CCC[C@@H]1[C@@H](Sc2ccc(C)cc2)[C@@H](C(=O)O)C(c2cccc(F)c2)N1S(=O)(=O)c1ccc(C)cc1. The van der Waals surface area contributed by atoms with E-state index >= 15 is 0 Å². The molecule has 3 aromatic carbocycles. The molecule has 5 nitrogen and oxygen atoms in total. The zero-order valence-corrected chi connectivity index (χ0v) is 22.1. The van der Waals surface area contributed by atoms with Gasteiger partial charge in [0.05, 0.1) is 16.9 Å². The highest BCUT2D eigenvalue weighted by atomic mass is 32.2. The zero-order chi connectivity index (χ0) is 26.0. The van der Waals surface area contributed by atoms with E-state index in [4.69, 9.17) is 0 Å². The van der Waals surface area contributed by atoms with Crippen molar-refractivity contribution in [3.63, 3.8) is 0 Å². The van der Waals surface area contributed by atoms with E-state index in [0.29, 0.717) is 18.4 Å². The molecule has 0 aromatic heterocycles. The van der Waals surface area contributed by atoms with Crippen LogP contribution in [0.2, 0.25) is 0 Å². The van der Waals surface area contributed by atoms with Crippen LogP contribution in [0.15, 0.2) is 82.6 Å². The second-order valence-electron chi connectivity index (χ2n) is 9.26. The van der Waals surface area contributed by atoms with Crippen LogP contribution in [0.3, 0.4) is 0 Å². The van der Waals surface area contributed by atoms with Gasteiger partial charge in [-0.05, 0) is 62.2 Å². The quantitative estimate of drug-likeness (QED) is 0.377. The van der Waals surface area contributed by atoms with Gasteiger partial charge in [0.1, 0.15) is 5.82 Å². The Morgan fingerprint density at radius 2 is 1.61 bits per heavy atom. The van der Waals surface area contributed by atoms with Gasteiger partial charge in [-0.2, -0.15) is 4.31 Å². The first kappa shape index (κ1) is 26.4. The summed E-state index contributed by atoms with van der Waals surface area (Å²) in [4.78, 5) is 13.8. The van der Waals surface area contributed by atoms with Gasteiger partial charge in [-0.15, -0.1) is 11.8 Å². The van der Waals surface area contributed by atoms with Gasteiger partial charge in [-0.25, -0.2) is 12.8 Å². The van der Waals surface area contributed by atoms with E-state index in [0.717, 1.165) is 16.0 Å². The first-order chi connectivity index (χ1) is 17.1. The van der Waals surface area contributed by atoms with Crippen molar-refractivity contribution in [2.45, 2.75) is 60.7 Å². The summed E-state index contributed by atoms with van der Waals surface area (Å²) in [5, 5.41) is 9.88. The average molecular weight is 528 g/mol. The number of rotatable bonds is 8. The van der Waals surface area contributed by atoms with E-state index < -0.39 is 45.1 Å². The number of aryl methyl sites for hydroxylation is 2. The minimum Gasteiger partial charge on any atom is -0.481 e. The first-order valence-electron chi connectivity index (χ1n) is 11.9. The van der Waals surface area contributed by atoms with Gasteiger partial charge in [0.25, 0.3) is 0 Å². The summed E-state index contributed by atoms with van der Waals surface area (Å²) in [6, 6.07) is 18.3. The number of nitrogens with zero attached hydrogens (tertiary/aromatic N) is 1. The molecule has 1 saturated heterocycles. The van der Waals surface area contributed by atoms with Crippen molar-refractivity contribution in [3.8, 4) is 0 Å². The molecule has 0 aliphatic carbocycles. The normalized spacial score (nSPS) is 22.6. The Bertz CT molecular complexity index is 1330. The summed E-state index contributed by atoms with van der Waals surface area (Å²) in [7, 11) is -4.10. The lowest BCUT2D eigenvalue weighted by Gasteiger charge is -2.31. The smallest absolute Gasteiger partial charge is 0.309 e. The van der Waals surface area contributed by atoms with Crippen molar-refractivity contribution in [1.82, 2.24) is 4.31 Å². The molecule has 0 bridgehead atoms. The molecule has 1 heterocycles. The molecule has 1 aliphatic rings. The molecule has 1 unspecified atom stereocenters. The number of sulfonamides is 1. The van der Waals surface area contributed by atoms with Crippen LogP contribution in [0.5, 0.6) is 0 Å². The summed E-state index contributed by atoms with van der Waals surface area (Å²) < 4.78 is 44.0. The number of carboxylic acids is 1. The van der Waals surface area contributed by atoms with Crippen LogP contribution >= 0.6 is 11.8 Å². The van der Waals surface area contributed by atoms with Crippen molar-refractivity contribution in [3.05, 3.63) is 95.3 Å². The molecular formula is C28H30FNO4S2. The molecule has 3 aromatic rings. The Kier molecular flexibility index (Phi) is 7.87. The van der Waals surface area contributed by atoms with Crippen LogP contribution in [0.25, 0.3) is 0 Å². The van der Waals surface area contributed by atoms with E-state index in [1.165, 1.54) is 34.3 Å². The van der Waals surface area contributed by atoms with Gasteiger partial charge in [-0.1, -0.05) is 60.9 Å². The highest BCUT2D eigenvalue weighted by molar-refractivity contribution is 8.00. The molecule has 36 heavy (non-hydrogen) atoms. The van der Waals surface area contributed by atoms with Crippen molar-refractivity contribution in [2.24, 2.45) is 5.92 Å². The maximum atomic E-state index is 14.3. The predicted molar refractivity (Wildman–Crippen MR) is 140 cm³/mol. The number of aliphatic carboxylic acids is 1. The van der Waals surface area contributed by atoms with Crippen LogP contribution in [-0.4, -0.2) is 35.1 Å². The summed E-state index contributed by atoms with van der Waals surface area (Å²) >= 11 is 1.38. The van der Waals surface area contributed by atoms with E-state index in [1.807, 2.05) is 45.0 Å². The van der Waals surface area contributed by atoms with Gasteiger partial charge in [-0.3, -0.25) is 4.79 Å². The largest absolute Gasteiger partial charge is 0.481 e. The van der Waals surface area contributed by atoms with E-state index in [9.17, 15) is 22.7 Å². The topological polar surface area (TPSA) is 74.7 Å². The minimum atomic E-state index is -4.10. The lowest BCUT2D eigenvalue weighted by molar-refractivity contribution is -0.142. The third-order valence-corrected chi connectivity index (χ3v) is 9.97. The molecule has 190 valence electrons. The average Bonchev–Trinajstić information content (AvgIpc) is 3.16. The van der Waals surface area contributed by atoms with Gasteiger partial charge in [0.15, 0.2) is 0 Å². The Labute approximate surface area is 216 Å². The molecule has 4 rings (SSSR count). The second kappa shape index (κ2) is 10.7. The number of hydrogen-bond donors (Lipinski definition) is 1.